The predicted octanol–water partition coefficient (Wildman–Crippen LogP) is 4.91. The molecule has 2 aliphatic heterocycles. The molecule has 2 aliphatic rings. The summed E-state index contributed by atoms with van der Waals surface area (Å²) < 4.78 is 17.1. The van der Waals surface area contributed by atoms with Crippen LogP contribution in [0.5, 0.6) is 0 Å². The van der Waals surface area contributed by atoms with Crippen LogP contribution in [0.2, 0.25) is 0 Å². The predicted molar refractivity (Wildman–Crippen MR) is 164 cm³/mol. The van der Waals surface area contributed by atoms with Gasteiger partial charge in [0.15, 0.2) is 0 Å². The lowest BCUT2D eigenvalue weighted by Gasteiger charge is -2.35. The van der Waals surface area contributed by atoms with E-state index in [0.717, 1.165) is 16.1 Å². The summed E-state index contributed by atoms with van der Waals surface area (Å²) in [5.74, 6) is -0.288. The van der Waals surface area contributed by atoms with Crippen LogP contribution in [0.1, 0.15) is 28.9 Å². The first-order valence-corrected chi connectivity index (χ1v) is 15.7. The highest BCUT2D eigenvalue weighted by molar-refractivity contribution is 8.00. The first kappa shape index (κ1) is 28.2. The van der Waals surface area contributed by atoms with Gasteiger partial charge in [-0.3, -0.25) is 19.3 Å². The minimum Gasteiger partial charge on any atom is -0.339 e. The van der Waals surface area contributed by atoms with Crippen molar-refractivity contribution in [1.29, 1.82) is 0 Å². The van der Waals surface area contributed by atoms with Crippen LogP contribution < -0.4 is 4.90 Å². The Bertz CT molecular complexity index is 1650. The average molecular weight is 604 g/mol. The molecule has 1 unspecified atom stereocenters. The zero-order chi connectivity index (χ0) is 29.4. The van der Waals surface area contributed by atoms with Crippen molar-refractivity contribution >= 4 is 46.6 Å². The lowest BCUT2D eigenvalue weighted by molar-refractivity contribution is -0.137. The van der Waals surface area contributed by atoms with Gasteiger partial charge < -0.3 is 9.80 Å². The number of benzene rings is 2. The van der Waals surface area contributed by atoms with E-state index in [4.69, 9.17) is 5.10 Å². The summed E-state index contributed by atoms with van der Waals surface area (Å²) in [6, 6.07) is 18.3. The molecule has 0 N–H and O–H groups in total. The van der Waals surface area contributed by atoms with E-state index >= 15 is 4.39 Å². The van der Waals surface area contributed by atoms with Crippen LogP contribution in [-0.2, 0) is 14.4 Å². The summed E-state index contributed by atoms with van der Waals surface area (Å²) in [7, 11) is 0. The van der Waals surface area contributed by atoms with Gasteiger partial charge in [-0.1, -0.05) is 42.5 Å². The fourth-order valence-electron chi connectivity index (χ4n) is 5.52. The van der Waals surface area contributed by atoms with E-state index in [9.17, 15) is 14.4 Å². The van der Waals surface area contributed by atoms with Crippen LogP contribution in [0.15, 0.2) is 66.0 Å². The maximum atomic E-state index is 15.4. The molecule has 3 amide bonds. The number of hydrogen-bond donors (Lipinski definition) is 0. The maximum absolute atomic E-state index is 15.4. The molecule has 8 nitrogen and oxygen atoms in total. The van der Waals surface area contributed by atoms with Gasteiger partial charge in [0.1, 0.15) is 23.9 Å². The van der Waals surface area contributed by atoms with Crippen LogP contribution in [0.25, 0.3) is 16.3 Å². The van der Waals surface area contributed by atoms with E-state index in [1.807, 2.05) is 48.7 Å². The third-order valence-corrected chi connectivity index (χ3v) is 9.86. The summed E-state index contributed by atoms with van der Waals surface area (Å²) in [6.07, 6.45) is 0. The van der Waals surface area contributed by atoms with E-state index in [-0.39, 0.29) is 35.8 Å². The minimum absolute atomic E-state index is 0.0195. The topological polar surface area (TPSA) is 78.8 Å². The Morgan fingerprint density at radius 2 is 1.69 bits per heavy atom. The fraction of sp³-hybridized carbons (Fsp3) is 0.290. The van der Waals surface area contributed by atoms with Gasteiger partial charge in [0.2, 0.25) is 17.7 Å². The molecule has 1 atom stereocenters. The van der Waals surface area contributed by atoms with E-state index in [0.29, 0.717) is 48.8 Å². The number of fused-ring (bicyclic) bond motifs is 1. The highest BCUT2D eigenvalue weighted by Gasteiger charge is 2.39. The second kappa shape index (κ2) is 11.7. The quantitative estimate of drug-likeness (QED) is 0.324. The number of nitrogens with zero attached hydrogens (tertiary/aromatic N) is 5. The normalized spacial score (nSPS) is 17.3. The Kier molecular flexibility index (Phi) is 7.87. The number of thiophene rings is 1. The highest BCUT2D eigenvalue weighted by atomic mass is 32.2. The molecule has 1 saturated heterocycles. The van der Waals surface area contributed by atoms with Crippen molar-refractivity contribution in [3.05, 3.63) is 88.6 Å². The number of anilines is 1. The van der Waals surface area contributed by atoms with E-state index in [1.54, 1.807) is 32.7 Å². The molecule has 4 heterocycles. The number of hydrogen-bond acceptors (Lipinski definition) is 6. The lowest BCUT2D eigenvalue weighted by atomic mass is 10.0. The van der Waals surface area contributed by atoms with Crippen LogP contribution in [0, 0.1) is 12.7 Å². The van der Waals surface area contributed by atoms with Crippen molar-refractivity contribution < 1.29 is 18.8 Å². The smallest absolute Gasteiger partial charge is 0.242 e. The molecule has 0 saturated carbocycles. The van der Waals surface area contributed by atoms with Gasteiger partial charge in [-0.15, -0.1) is 23.1 Å². The van der Waals surface area contributed by atoms with Crippen molar-refractivity contribution in [3.63, 3.8) is 0 Å². The minimum atomic E-state index is -0.528. The number of aryl methyl sites for hydroxylation is 1. The molecular weight excluding hydrogens is 574 g/mol. The first-order chi connectivity index (χ1) is 20.3. The SMILES string of the molecule is CC(=O)N1CCN(C(=O)CN2C(=O)CSC(c3ccccc3F)c3c(-c4cccs4)nn(-c4ccccc4C)c32)CC1. The van der Waals surface area contributed by atoms with Crippen molar-refractivity contribution in [2.45, 2.75) is 19.1 Å². The zero-order valence-corrected chi connectivity index (χ0v) is 25.0. The number of halogens is 1. The standard InChI is InChI=1S/C31H30FN5O3S2/c1-20-8-3-6-11-24(20)37-31-28(29(33-37)25-12-7-17-41-25)30(22-9-4-5-10-23(22)32)42-19-27(40)36(31)18-26(39)35-15-13-34(14-16-35)21(2)38/h3-12,17,30H,13-16,18-19H2,1-2H3. The van der Waals surface area contributed by atoms with Crippen molar-refractivity contribution in [1.82, 2.24) is 19.6 Å². The molecule has 216 valence electrons. The number of piperazine rings is 1. The van der Waals surface area contributed by atoms with Gasteiger partial charge in [-0.25, -0.2) is 9.07 Å². The van der Waals surface area contributed by atoms with Gasteiger partial charge in [0, 0.05) is 44.2 Å². The Labute approximate surface area is 251 Å². The third-order valence-electron chi connectivity index (χ3n) is 7.75. The number of carbonyl (C=O) groups is 3. The largest absolute Gasteiger partial charge is 0.339 e. The van der Waals surface area contributed by atoms with E-state index in [2.05, 4.69) is 0 Å². The molecule has 0 radical (unpaired) electrons. The molecule has 0 aliphatic carbocycles. The molecule has 1 fully saturated rings. The van der Waals surface area contributed by atoms with Crippen LogP contribution in [0.4, 0.5) is 10.2 Å². The van der Waals surface area contributed by atoms with Crippen LogP contribution in [0.3, 0.4) is 0 Å². The molecule has 4 aromatic rings. The van der Waals surface area contributed by atoms with Crippen molar-refractivity contribution in [2.75, 3.05) is 43.4 Å². The van der Waals surface area contributed by atoms with Crippen molar-refractivity contribution in [2.24, 2.45) is 0 Å². The summed E-state index contributed by atoms with van der Waals surface area (Å²) >= 11 is 2.87. The molecular formula is C31H30FN5O3S2. The Hall–Kier alpha value is -3.96. The molecule has 42 heavy (non-hydrogen) atoms. The zero-order valence-electron chi connectivity index (χ0n) is 23.3. The summed E-state index contributed by atoms with van der Waals surface area (Å²) in [6.45, 7) is 5.02. The molecule has 0 bridgehead atoms. The van der Waals surface area contributed by atoms with Crippen LogP contribution >= 0.6 is 23.1 Å². The summed E-state index contributed by atoms with van der Waals surface area (Å²) in [5.41, 5.74) is 3.55. The Balaban J connectivity index is 1.52. The number of carbonyl (C=O) groups excluding carboxylic acids is 3. The Morgan fingerprint density at radius 3 is 2.38 bits per heavy atom. The molecule has 2 aromatic heterocycles. The summed E-state index contributed by atoms with van der Waals surface area (Å²) in [4.78, 5) is 45.3. The number of thioether (sulfide) groups is 1. The van der Waals surface area contributed by atoms with E-state index < -0.39 is 5.25 Å². The van der Waals surface area contributed by atoms with Crippen LogP contribution in [-0.4, -0.2) is 75.8 Å². The second-order valence-electron chi connectivity index (χ2n) is 10.3. The molecule has 11 heteroatoms. The Morgan fingerprint density at radius 1 is 0.976 bits per heavy atom. The molecule has 2 aromatic carbocycles. The van der Waals surface area contributed by atoms with E-state index in [1.165, 1.54) is 41.0 Å². The first-order valence-electron chi connectivity index (χ1n) is 13.8. The van der Waals surface area contributed by atoms with Gasteiger partial charge in [0.25, 0.3) is 0 Å². The number of rotatable bonds is 5. The number of para-hydroxylation sites is 1. The average Bonchev–Trinajstić information content (AvgIpc) is 3.63. The van der Waals surface area contributed by atoms with Gasteiger partial charge in [-0.2, -0.15) is 5.10 Å². The summed E-state index contributed by atoms with van der Waals surface area (Å²) in [5, 5.41) is 6.51. The highest BCUT2D eigenvalue weighted by Crippen LogP contribution is 2.49. The number of amides is 3. The lowest BCUT2D eigenvalue weighted by Crippen LogP contribution is -2.53. The number of aromatic nitrogens is 2. The molecule has 6 rings (SSSR count). The maximum Gasteiger partial charge on any atom is 0.242 e. The monoisotopic (exact) mass is 603 g/mol. The van der Waals surface area contributed by atoms with Gasteiger partial charge in [0.05, 0.1) is 21.6 Å². The fourth-order valence-corrected chi connectivity index (χ4v) is 7.47. The van der Waals surface area contributed by atoms with Crippen molar-refractivity contribution in [3.8, 4) is 16.3 Å². The van der Waals surface area contributed by atoms with Gasteiger partial charge >= 0.3 is 0 Å². The van der Waals surface area contributed by atoms with Gasteiger partial charge in [-0.05, 0) is 36.1 Å². The third kappa shape index (κ3) is 5.22. The second-order valence-corrected chi connectivity index (χ2v) is 12.4. The molecule has 0 spiro atoms.